The molecule has 3 N–H and O–H groups in total. The summed E-state index contributed by atoms with van der Waals surface area (Å²) in [7, 11) is 0. The van der Waals surface area contributed by atoms with Crippen LogP contribution in [0.3, 0.4) is 0 Å². The largest absolute Gasteiger partial charge is 0.379 e. The number of ether oxygens (including phenoxy) is 1. The molecule has 21 heavy (non-hydrogen) atoms. The molecular weight excluding hydrogens is 334 g/mol. The molecule has 1 amide bonds. The minimum absolute atomic E-state index is 0.155. The summed E-state index contributed by atoms with van der Waals surface area (Å²) in [5.74, 6) is -0.155. The topological polar surface area (TPSA) is 67.6 Å². The van der Waals surface area contributed by atoms with Gasteiger partial charge in [-0.15, -0.1) is 0 Å². The van der Waals surface area contributed by atoms with E-state index in [0.29, 0.717) is 6.54 Å². The zero-order chi connectivity index (χ0) is 15.3. The Labute approximate surface area is 134 Å². The molecule has 0 saturated carbocycles. The lowest BCUT2D eigenvalue weighted by Crippen LogP contribution is -2.51. The molecule has 1 unspecified atom stereocenters. The molecular formula is C15H22BrN3O2. The van der Waals surface area contributed by atoms with Crippen LogP contribution in [0.4, 0.5) is 0 Å². The fraction of sp³-hybridized carbons (Fsp3) is 0.533. The Bertz CT molecular complexity index is 470. The zero-order valence-electron chi connectivity index (χ0n) is 12.3. The Hall–Kier alpha value is -0.950. The summed E-state index contributed by atoms with van der Waals surface area (Å²) < 4.78 is 6.26. The summed E-state index contributed by atoms with van der Waals surface area (Å²) in [6.45, 7) is 6.53. The third-order valence-corrected chi connectivity index (χ3v) is 4.26. The molecule has 1 saturated heterocycles. The predicted molar refractivity (Wildman–Crippen MR) is 86.0 cm³/mol. The number of halogens is 1. The first-order valence-electron chi connectivity index (χ1n) is 7.13. The molecule has 1 aromatic carbocycles. The maximum Gasteiger partial charge on any atom is 0.244 e. The first kappa shape index (κ1) is 16.4. The van der Waals surface area contributed by atoms with E-state index in [1.807, 2.05) is 24.3 Å². The van der Waals surface area contributed by atoms with Crippen molar-refractivity contribution in [1.29, 1.82) is 0 Å². The van der Waals surface area contributed by atoms with Crippen LogP contribution >= 0.6 is 15.9 Å². The Kier molecular flexibility index (Phi) is 5.75. The van der Waals surface area contributed by atoms with Gasteiger partial charge >= 0.3 is 0 Å². The summed E-state index contributed by atoms with van der Waals surface area (Å²) in [5.41, 5.74) is 5.97. The molecule has 1 aliphatic rings. The molecule has 0 aromatic heterocycles. The number of carbonyl (C=O) groups excluding carboxylic acids is 1. The predicted octanol–water partition coefficient (Wildman–Crippen LogP) is 1.07. The third-order valence-electron chi connectivity index (χ3n) is 3.73. The van der Waals surface area contributed by atoms with Crippen LogP contribution in [0.2, 0.25) is 0 Å². The maximum atomic E-state index is 12.3. The number of carbonyl (C=O) groups is 1. The first-order valence-corrected chi connectivity index (χ1v) is 7.93. The fourth-order valence-corrected chi connectivity index (χ4v) is 2.53. The average Bonchev–Trinajstić information content (AvgIpc) is 2.48. The molecule has 0 spiro atoms. The van der Waals surface area contributed by atoms with Crippen LogP contribution in [0.25, 0.3) is 0 Å². The molecule has 0 aliphatic carbocycles. The van der Waals surface area contributed by atoms with Crippen LogP contribution in [0.5, 0.6) is 0 Å². The highest BCUT2D eigenvalue weighted by Crippen LogP contribution is 2.20. The molecule has 1 heterocycles. The lowest BCUT2D eigenvalue weighted by molar-refractivity contribution is -0.126. The van der Waals surface area contributed by atoms with Gasteiger partial charge in [-0.3, -0.25) is 9.69 Å². The number of nitrogens with two attached hydrogens (primary N) is 1. The number of rotatable bonds is 5. The van der Waals surface area contributed by atoms with Crippen molar-refractivity contribution in [2.75, 3.05) is 39.4 Å². The molecule has 0 bridgehead atoms. The van der Waals surface area contributed by atoms with E-state index >= 15 is 0 Å². The van der Waals surface area contributed by atoms with Gasteiger partial charge in [-0.25, -0.2) is 0 Å². The monoisotopic (exact) mass is 355 g/mol. The summed E-state index contributed by atoms with van der Waals surface area (Å²) in [5, 5.41) is 2.93. The van der Waals surface area contributed by atoms with Crippen molar-refractivity contribution in [2.45, 2.75) is 12.5 Å². The van der Waals surface area contributed by atoms with Crippen molar-refractivity contribution in [1.82, 2.24) is 10.2 Å². The SMILES string of the molecule is CC(N)(C(=O)NCCN1CCOCC1)c1ccc(Br)cc1. The first-order chi connectivity index (χ1) is 10.00. The molecule has 1 aliphatic heterocycles. The second kappa shape index (κ2) is 7.35. The van der Waals surface area contributed by atoms with Gasteiger partial charge in [0.2, 0.25) is 5.91 Å². The van der Waals surface area contributed by atoms with Crippen molar-refractivity contribution in [3.63, 3.8) is 0 Å². The Morgan fingerprint density at radius 2 is 2.00 bits per heavy atom. The molecule has 5 nitrogen and oxygen atoms in total. The highest BCUT2D eigenvalue weighted by atomic mass is 79.9. The van der Waals surface area contributed by atoms with Gasteiger partial charge in [0.05, 0.1) is 13.2 Å². The average molecular weight is 356 g/mol. The second-order valence-corrected chi connectivity index (χ2v) is 6.33. The van der Waals surface area contributed by atoms with E-state index in [-0.39, 0.29) is 5.91 Å². The molecule has 1 fully saturated rings. The van der Waals surface area contributed by atoms with Gasteiger partial charge < -0.3 is 15.8 Å². The van der Waals surface area contributed by atoms with Crippen LogP contribution in [-0.2, 0) is 15.1 Å². The minimum atomic E-state index is -1.02. The summed E-state index contributed by atoms with van der Waals surface area (Å²) >= 11 is 3.38. The maximum absolute atomic E-state index is 12.3. The van der Waals surface area contributed by atoms with E-state index in [1.54, 1.807) is 6.92 Å². The quantitative estimate of drug-likeness (QED) is 0.828. The summed E-state index contributed by atoms with van der Waals surface area (Å²) in [6.07, 6.45) is 0. The van der Waals surface area contributed by atoms with Crippen LogP contribution in [-0.4, -0.2) is 50.2 Å². The fourth-order valence-electron chi connectivity index (χ4n) is 2.26. The molecule has 1 aromatic rings. The second-order valence-electron chi connectivity index (χ2n) is 5.42. The zero-order valence-corrected chi connectivity index (χ0v) is 13.9. The van der Waals surface area contributed by atoms with Crippen LogP contribution in [0.15, 0.2) is 28.7 Å². The van der Waals surface area contributed by atoms with E-state index in [1.165, 1.54) is 0 Å². The number of nitrogens with zero attached hydrogens (tertiary/aromatic N) is 1. The van der Waals surface area contributed by atoms with Crippen molar-refractivity contribution in [3.05, 3.63) is 34.3 Å². The lowest BCUT2D eigenvalue weighted by Gasteiger charge is -2.28. The highest BCUT2D eigenvalue weighted by molar-refractivity contribution is 9.10. The van der Waals surface area contributed by atoms with E-state index in [2.05, 4.69) is 26.1 Å². The van der Waals surface area contributed by atoms with Gasteiger partial charge in [0.25, 0.3) is 0 Å². The van der Waals surface area contributed by atoms with Crippen molar-refractivity contribution in [3.8, 4) is 0 Å². The normalized spacial score (nSPS) is 19.0. The van der Waals surface area contributed by atoms with E-state index in [9.17, 15) is 4.79 Å². The lowest BCUT2D eigenvalue weighted by atomic mass is 9.92. The van der Waals surface area contributed by atoms with E-state index in [0.717, 1.165) is 42.9 Å². The number of morpholine rings is 1. The van der Waals surface area contributed by atoms with Gasteiger partial charge in [0.15, 0.2) is 0 Å². The Morgan fingerprint density at radius 3 is 2.62 bits per heavy atom. The number of hydrogen-bond acceptors (Lipinski definition) is 4. The van der Waals surface area contributed by atoms with Crippen LogP contribution in [0.1, 0.15) is 12.5 Å². The molecule has 116 valence electrons. The van der Waals surface area contributed by atoms with E-state index < -0.39 is 5.54 Å². The van der Waals surface area contributed by atoms with Gasteiger partial charge in [0.1, 0.15) is 5.54 Å². The Morgan fingerprint density at radius 1 is 1.38 bits per heavy atom. The number of benzene rings is 1. The van der Waals surface area contributed by atoms with Gasteiger partial charge in [-0.05, 0) is 24.6 Å². The van der Waals surface area contributed by atoms with Crippen molar-refractivity contribution >= 4 is 21.8 Å². The standard InChI is InChI=1S/C15H22BrN3O2/c1-15(17,12-2-4-13(16)5-3-12)14(20)18-6-7-19-8-10-21-11-9-19/h2-5H,6-11,17H2,1H3,(H,18,20). The molecule has 2 rings (SSSR count). The van der Waals surface area contributed by atoms with Gasteiger partial charge in [0, 0.05) is 30.7 Å². The number of nitrogens with one attached hydrogen (secondary N) is 1. The number of amides is 1. The van der Waals surface area contributed by atoms with E-state index in [4.69, 9.17) is 10.5 Å². The minimum Gasteiger partial charge on any atom is -0.379 e. The molecule has 1 atom stereocenters. The smallest absolute Gasteiger partial charge is 0.244 e. The Balaban J connectivity index is 1.84. The third kappa shape index (κ3) is 4.51. The van der Waals surface area contributed by atoms with Crippen LogP contribution < -0.4 is 11.1 Å². The molecule has 0 radical (unpaired) electrons. The summed E-state index contributed by atoms with van der Waals surface area (Å²) in [6, 6.07) is 7.51. The highest BCUT2D eigenvalue weighted by Gasteiger charge is 2.30. The van der Waals surface area contributed by atoms with Crippen molar-refractivity contribution < 1.29 is 9.53 Å². The molecule has 6 heteroatoms. The van der Waals surface area contributed by atoms with Gasteiger partial charge in [-0.2, -0.15) is 0 Å². The van der Waals surface area contributed by atoms with Gasteiger partial charge in [-0.1, -0.05) is 28.1 Å². The summed E-state index contributed by atoms with van der Waals surface area (Å²) in [4.78, 5) is 14.6. The van der Waals surface area contributed by atoms with Crippen LogP contribution in [0, 0.1) is 0 Å². The van der Waals surface area contributed by atoms with Crippen molar-refractivity contribution in [2.24, 2.45) is 5.73 Å². The number of hydrogen-bond donors (Lipinski definition) is 2.